The normalized spacial score (nSPS) is 24.3. The van der Waals surface area contributed by atoms with Gasteiger partial charge >= 0.3 is 5.97 Å². The number of esters is 1. The van der Waals surface area contributed by atoms with Gasteiger partial charge < -0.3 is 20.5 Å². The molecule has 0 aliphatic carbocycles. The molecule has 2 aliphatic heterocycles. The summed E-state index contributed by atoms with van der Waals surface area (Å²) in [7, 11) is 0. The maximum Gasteiger partial charge on any atom is 0.338 e. The van der Waals surface area contributed by atoms with Crippen LogP contribution in [0.25, 0.3) is 0 Å². The number of fused-ring (bicyclic) bond motifs is 2. The summed E-state index contributed by atoms with van der Waals surface area (Å²) in [6.07, 6.45) is -0.524. The number of halogens is 1. The maximum atomic E-state index is 13.5. The molecule has 0 radical (unpaired) electrons. The Labute approximate surface area is 196 Å². The Morgan fingerprint density at radius 1 is 1.30 bits per heavy atom. The van der Waals surface area contributed by atoms with Gasteiger partial charge in [0.05, 0.1) is 34.9 Å². The highest BCUT2D eigenvalue weighted by Gasteiger charge is 2.61. The van der Waals surface area contributed by atoms with Crippen molar-refractivity contribution in [3.05, 3.63) is 58.1 Å². The number of rotatable bonds is 5. The molecule has 33 heavy (non-hydrogen) atoms. The molecule has 9 heteroatoms. The molecule has 4 rings (SSSR count). The Hall–Kier alpha value is -2.94. The summed E-state index contributed by atoms with van der Waals surface area (Å²) in [6, 6.07) is 9.46. The van der Waals surface area contributed by atoms with Gasteiger partial charge in [-0.1, -0.05) is 17.7 Å². The van der Waals surface area contributed by atoms with Crippen LogP contribution in [0.1, 0.15) is 41.8 Å². The van der Waals surface area contributed by atoms with E-state index in [0.29, 0.717) is 27.5 Å². The number of carbonyl (C=O) groups is 3. The molecule has 2 heterocycles. The van der Waals surface area contributed by atoms with Crippen LogP contribution >= 0.6 is 11.6 Å². The fourth-order valence-electron chi connectivity index (χ4n) is 4.64. The smallest absolute Gasteiger partial charge is 0.338 e. The lowest BCUT2D eigenvalue weighted by molar-refractivity contribution is -0.130. The van der Waals surface area contributed by atoms with Crippen molar-refractivity contribution in [1.82, 2.24) is 5.32 Å². The van der Waals surface area contributed by atoms with Crippen molar-refractivity contribution in [2.75, 3.05) is 17.2 Å². The minimum Gasteiger partial charge on any atom is -0.462 e. The van der Waals surface area contributed by atoms with Crippen LogP contribution in [0.2, 0.25) is 5.02 Å². The number of benzene rings is 2. The summed E-state index contributed by atoms with van der Waals surface area (Å²) >= 11 is 6.39. The first-order valence-electron chi connectivity index (χ1n) is 10.8. The van der Waals surface area contributed by atoms with E-state index in [-0.39, 0.29) is 24.8 Å². The van der Waals surface area contributed by atoms with Crippen molar-refractivity contribution < 1.29 is 24.2 Å². The number of hydrogen-bond donors (Lipinski definition) is 4. The van der Waals surface area contributed by atoms with E-state index in [1.807, 2.05) is 13.0 Å². The van der Waals surface area contributed by atoms with Crippen molar-refractivity contribution in [1.29, 1.82) is 0 Å². The van der Waals surface area contributed by atoms with E-state index in [0.717, 1.165) is 5.56 Å². The fraction of sp³-hybridized carbons (Fsp3) is 0.375. The van der Waals surface area contributed by atoms with E-state index in [1.165, 1.54) is 0 Å². The van der Waals surface area contributed by atoms with Crippen molar-refractivity contribution in [2.24, 2.45) is 5.92 Å². The average Bonchev–Trinajstić information content (AvgIpc) is 3.30. The number of nitrogens with one attached hydrogen (secondary N) is 3. The van der Waals surface area contributed by atoms with E-state index in [4.69, 9.17) is 16.3 Å². The zero-order valence-electron chi connectivity index (χ0n) is 18.6. The first-order valence-corrected chi connectivity index (χ1v) is 11.2. The van der Waals surface area contributed by atoms with Crippen LogP contribution in [0, 0.1) is 12.8 Å². The summed E-state index contributed by atoms with van der Waals surface area (Å²) in [5.41, 5.74) is 1.41. The van der Waals surface area contributed by atoms with Gasteiger partial charge in [0.1, 0.15) is 5.54 Å². The average molecular weight is 472 g/mol. The highest BCUT2D eigenvalue weighted by atomic mass is 35.5. The molecule has 174 valence electrons. The molecule has 2 aliphatic rings. The van der Waals surface area contributed by atoms with Crippen LogP contribution in [0.5, 0.6) is 0 Å². The lowest BCUT2D eigenvalue weighted by Gasteiger charge is -2.29. The SMILES string of the molecule is CCOC(=O)c1ccc(NC(=O)[C@H]2C[C@H]([C@@H](C)O)N[C@]23C(=O)Nc2c(Cl)cc(C)cc23)cc1. The minimum atomic E-state index is -1.36. The number of hydrogen-bond acceptors (Lipinski definition) is 6. The highest BCUT2D eigenvalue weighted by Crippen LogP contribution is 2.50. The molecule has 4 atom stereocenters. The molecule has 2 aromatic carbocycles. The van der Waals surface area contributed by atoms with Gasteiger partial charge in [-0.3, -0.25) is 14.9 Å². The predicted molar refractivity (Wildman–Crippen MR) is 124 cm³/mol. The summed E-state index contributed by atoms with van der Waals surface area (Å²) in [5, 5.41) is 19.6. The lowest BCUT2D eigenvalue weighted by Crippen LogP contribution is -2.53. The number of aliphatic hydroxyl groups is 1. The van der Waals surface area contributed by atoms with Crippen LogP contribution in [0.3, 0.4) is 0 Å². The van der Waals surface area contributed by atoms with Gasteiger partial charge in [-0.15, -0.1) is 0 Å². The Balaban J connectivity index is 1.67. The van der Waals surface area contributed by atoms with Crippen LogP contribution in [0.15, 0.2) is 36.4 Å². The molecule has 8 nitrogen and oxygen atoms in total. The molecule has 0 unspecified atom stereocenters. The molecule has 0 bridgehead atoms. The van der Waals surface area contributed by atoms with Crippen molar-refractivity contribution >= 4 is 40.8 Å². The van der Waals surface area contributed by atoms with E-state index < -0.39 is 29.6 Å². The number of anilines is 2. The third-order valence-electron chi connectivity index (χ3n) is 6.24. The summed E-state index contributed by atoms with van der Waals surface area (Å²) in [4.78, 5) is 38.6. The second kappa shape index (κ2) is 8.78. The summed E-state index contributed by atoms with van der Waals surface area (Å²) in [5.74, 6) is -2.01. The van der Waals surface area contributed by atoms with Crippen molar-refractivity contribution in [3.8, 4) is 0 Å². The topological polar surface area (TPSA) is 117 Å². The fourth-order valence-corrected chi connectivity index (χ4v) is 4.96. The monoisotopic (exact) mass is 471 g/mol. The van der Waals surface area contributed by atoms with Gasteiger partial charge in [-0.2, -0.15) is 0 Å². The second-order valence-electron chi connectivity index (χ2n) is 8.50. The van der Waals surface area contributed by atoms with Crippen LogP contribution in [-0.4, -0.2) is 41.6 Å². The molecule has 1 fully saturated rings. The van der Waals surface area contributed by atoms with Gasteiger partial charge in [0.15, 0.2) is 0 Å². The first-order chi connectivity index (χ1) is 15.7. The molecule has 4 N–H and O–H groups in total. The van der Waals surface area contributed by atoms with Gasteiger partial charge in [0.25, 0.3) is 0 Å². The van der Waals surface area contributed by atoms with E-state index in [2.05, 4.69) is 16.0 Å². The predicted octanol–water partition coefficient (Wildman–Crippen LogP) is 2.97. The standard InChI is InChI=1S/C24H26ClN3O5/c1-4-33-22(31)14-5-7-15(8-6-14)26-21(30)17-11-19(13(3)29)28-24(17)16-9-12(2)10-18(25)20(16)27-23(24)32/h5-10,13,17,19,28-29H,4,11H2,1-3H3,(H,26,30)(H,27,32)/t13-,17-,19-,24+/m1/s1. The molecule has 0 saturated carbocycles. The van der Waals surface area contributed by atoms with Gasteiger partial charge in [0.2, 0.25) is 11.8 Å². The van der Waals surface area contributed by atoms with E-state index in [1.54, 1.807) is 44.2 Å². The summed E-state index contributed by atoms with van der Waals surface area (Å²) < 4.78 is 4.98. The molecule has 1 spiro atoms. The highest BCUT2D eigenvalue weighted by molar-refractivity contribution is 6.35. The number of aryl methyl sites for hydroxylation is 1. The Bertz CT molecular complexity index is 1120. The van der Waals surface area contributed by atoms with E-state index >= 15 is 0 Å². The maximum absolute atomic E-state index is 13.5. The summed E-state index contributed by atoms with van der Waals surface area (Å²) in [6.45, 7) is 5.48. The van der Waals surface area contributed by atoms with Crippen LogP contribution in [-0.2, 0) is 19.9 Å². The van der Waals surface area contributed by atoms with Gasteiger partial charge in [-0.05, 0) is 63.1 Å². The third kappa shape index (κ3) is 3.99. The molecule has 2 amide bonds. The lowest BCUT2D eigenvalue weighted by atomic mass is 9.79. The molecular weight excluding hydrogens is 446 g/mol. The number of aliphatic hydroxyl groups excluding tert-OH is 1. The number of amides is 2. The Kier molecular flexibility index (Phi) is 6.18. The van der Waals surface area contributed by atoms with Crippen molar-refractivity contribution in [3.63, 3.8) is 0 Å². The number of ether oxygens (including phenoxy) is 1. The van der Waals surface area contributed by atoms with Crippen molar-refractivity contribution in [2.45, 2.75) is 44.9 Å². The second-order valence-corrected chi connectivity index (χ2v) is 8.91. The largest absolute Gasteiger partial charge is 0.462 e. The zero-order chi connectivity index (χ0) is 23.9. The Morgan fingerprint density at radius 2 is 2.00 bits per heavy atom. The minimum absolute atomic E-state index is 0.253. The van der Waals surface area contributed by atoms with Crippen LogP contribution in [0.4, 0.5) is 11.4 Å². The Morgan fingerprint density at radius 3 is 2.64 bits per heavy atom. The molecular formula is C24H26ClN3O5. The molecule has 0 aromatic heterocycles. The molecule has 1 saturated heterocycles. The number of carbonyl (C=O) groups excluding carboxylic acids is 3. The van der Waals surface area contributed by atoms with Crippen LogP contribution < -0.4 is 16.0 Å². The molecule has 2 aromatic rings. The first kappa shape index (κ1) is 23.2. The van der Waals surface area contributed by atoms with Gasteiger partial charge in [-0.25, -0.2) is 4.79 Å². The van der Waals surface area contributed by atoms with E-state index in [9.17, 15) is 19.5 Å². The third-order valence-corrected chi connectivity index (χ3v) is 6.54. The van der Waals surface area contributed by atoms with Gasteiger partial charge in [0, 0.05) is 17.3 Å². The quantitative estimate of drug-likeness (QED) is 0.498. The zero-order valence-corrected chi connectivity index (χ0v) is 19.3.